The minimum absolute atomic E-state index is 0.0863. The fourth-order valence-corrected chi connectivity index (χ4v) is 1.95. The van der Waals surface area contributed by atoms with Crippen LogP contribution in [0.5, 0.6) is 0 Å². The van der Waals surface area contributed by atoms with Gasteiger partial charge in [-0.1, -0.05) is 12.1 Å². The number of epoxide rings is 1. The van der Waals surface area contributed by atoms with Crippen molar-refractivity contribution < 1.29 is 13.9 Å². The minimum Gasteiger partial charge on any atom is -0.361 e. The van der Waals surface area contributed by atoms with Crippen molar-refractivity contribution in [2.75, 3.05) is 6.61 Å². The zero-order valence-corrected chi connectivity index (χ0v) is 10.3. The lowest BCUT2D eigenvalue weighted by Crippen LogP contribution is -2.19. The van der Waals surface area contributed by atoms with Crippen LogP contribution in [0, 0.1) is 5.82 Å². The first-order valence-electron chi connectivity index (χ1n) is 4.83. The predicted molar refractivity (Wildman–Crippen MR) is 62.7 cm³/mol. The van der Waals surface area contributed by atoms with Gasteiger partial charge in [-0.3, -0.25) is 4.79 Å². The Morgan fingerprint density at radius 1 is 1.50 bits per heavy atom. The number of hydrogen-bond donors (Lipinski definition) is 0. The molecule has 1 atom stereocenters. The summed E-state index contributed by atoms with van der Waals surface area (Å²) < 4.78 is 18.2. The third-order valence-electron chi connectivity index (χ3n) is 2.44. The van der Waals surface area contributed by atoms with Crippen molar-refractivity contribution in [3.63, 3.8) is 0 Å². The van der Waals surface area contributed by atoms with Crippen LogP contribution in [-0.2, 0) is 9.53 Å². The van der Waals surface area contributed by atoms with Crippen LogP contribution in [-0.4, -0.2) is 18.0 Å². The third kappa shape index (κ3) is 2.39. The van der Waals surface area contributed by atoms with E-state index in [2.05, 4.69) is 15.9 Å². The summed E-state index contributed by atoms with van der Waals surface area (Å²) in [7, 11) is 0. The highest BCUT2D eigenvalue weighted by Gasteiger charge is 2.47. The van der Waals surface area contributed by atoms with Crippen molar-refractivity contribution in [1.29, 1.82) is 0 Å². The molecule has 84 valence electrons. The summed E-state index contributed by atoms with van der Waals surface area (Å²) in [4.78, 5) is 11.8. The lowest BCUT2D eigenvalue weighted by molar-refractivity contribution is -0.119. The molecule has 1 unspecified atom stereocenters. The van der Waals surface area contributed by atoms with E-state index >= 15 is 0 Å². The van der Waals surface area contributed by atoms with Gasteiger partial charge in [-0.25, -0.2) is 4.39 Å². The number of benzene rings is 1. The van der Waals surface area contributed by atoms with Crippen LogP contribution in [0.15, 0.2) is 28.7 Å². The molecular formula is C12H10BrFO2. The topological polar surface area (TPSA) is 29.6 Å². The van der Waals surface area contributed by atoms with Crippen molar-refractivity contribution in [1.82, 2.24) is 0 Å². The summed E-state index contributed by atoms with van der Waals surface area (Å²) in [6, 6.07) is 5.93. The number of ketones is 1. The molecule has 0 N–H and O–H groups in total. The summed E-state index contributed by atoms with van der Waals surface area (Å²) in [6.07, 6.45) is 1.66. The van der Waals surface area contributed by atoms with E-state index in [1.165, 1.54) is 12.1 Å². The van der Waals surface area contributed by atoms with Crippen LogP contribution in [0.25, 0.3) is 6.08 Å². The molecule has 2 rings (SSSR count). The standard InChI is InChI=1S/C12H10BrFO2/c1-12(7-16-12)11(15)10(13)6-8-2-4-9(14)5-3-8/h2-6H,7H2,1H3. The van der Waals surface area contributed by atoms with Crippen LogP contribution in [0.3, 0.4) is 0 Å². The Kier molecular flexibility index (Phi) is 2.95. The first-order chi connectivity index (χ1) is 7.51. The van der Waals surface area contributed by atoms with Crippen LogP contribution in [0.1, 0.15) is 12.5 Å². The van der Waals surface area contributed by atoms with Gasteiger partial charge < -0.3 is 4.74 Å². The number of halogens is 2. The number of ether oxygens (including phenoxy) is 1. The van der Waals surface area contributed by atoms with Gasteiger partial charge in [0.05, 0.1) is 11.1 Å². The molecule has 1 aliphatic rings. The van der Waals surface area contributed by atoms with Gasteiger partial charge in [0, 0.05) is 0 Å². The number of carbonyl (C=O) groups is 1. The highest BCUT2D eigenvalue weighted by atomic mass is 79.9. The molecule has 0 bridgehead atoms. The summed E-state index contributed by atoms with van der Waals surface area (Å²) in [5.41, 5.74) is 0.0981. The molecule has 0 radical (unpaired) electrons. The van der Waals surface area contributed by atoms with Crippen LogP contribution in [0.2, 0.25) is 0 Å². The van der Waals surface area contributed by atoms with E-state index in [9.17, 15) is 9.18 Å². The summed E-state index contributed by atoms with van der Waals surface area (Å²) in [5, 5.41) is 0. The van der Waals surface area contributed by atoms with Crippen molar-refractivity contribution in [3.05, 3.63) is 40.1 Å². The average molecular weight is 285 g/mol. The molecule has 0 spiro atoms. The Bertz CT molecular complexity index is 447. The summed E-state index contributed by atoms with van der Waals surface area (Å²) in [6.45, 7) is 2.20. The van der Waals surface area contributed by atoms with Crippen molar-refractivity contribution in [2.45, 2.75) is 12.5 Å². The molecular weight excluding hydrogens is 275 g/mol. The Balaban J connectivity index is 2.17. The van der Waals surface area contributed by atoms with E-state index in [4.69, 9.17) is 4.74 Å². The first-order valence-corrected chi connectivity index (χ1v) is 5.62. The lowest BCUT2D eigenvalue weighted by Gasteiger charge is -2.02. The van der Waals surface area contributed by atoms with E-state index in [1.807, 2.05) is 0 Å². The maximum Gasteiger partial charge on any atom is 0.203 e. The van der Waals surface area contributed by atoms with Crippen LogP contribution >= 0.6 is 15.9 Å². The van der Waals surface area contributed by atoms with Gasteiger partial charge in [0.15, 0.2) is 5.60 Å². The van der Waals surface area contributed by atoms with Crippen molar-refractivity contribution in [3.8, 4) is 0 Å². The summed E-state index contributed by atoms with van der Waals surface area (Å²) in [5.74, 6) is -0.381. The maximum absolute atomic E-state index is 12.7. The monoisotopic (exact) mass is 284 g/mol. The van der Waals surface area contributed by atoms with Gasteiger partial charge in [0.25, 0.3) is 0 Å². The molecule has 2 nitrogen and oxygen atoms in total. The molecule has 1 fully saturated rings. The van der Waals surface area contributed by atoms with Gasteiger partial charge in [-0.2, -0.15) is 0 Å². The molecule has 1 heterocycles. The largest absolute Gasteiger partial charge is 0.361 e. The van der Waals surface area contributed by atoms with Crippen molar-refractivity contribution >= 4 is 27.8 Å². The fraction of sp³-hybridized carbons (Fsp3) is 0.250. The third-order valence-corrected chi connectivity index (χ3v) is 3.03. The van der Waals surface area contributed by atoms with E-state index < -0.39 is 5.60 Å². The van der Waals surface area contributed by atoms with E-state index in [0.29, 0.717) is 11.1 Å². The Morgan fingerprint density at radius 3 is 2.56 bits per heavy atom. The smallest absolute Gasteiger partial charge is 0.203 e. The molecule has 4 heteroatoms. The highest BCUT2D eigenvalue weighted by Crippen LogP contribution is 2.32. The van der Waals surface area contributed by atoms with Gasteiger partial charge in [0.2, 0.25) is 5.78 Å². The number of rotatable bonds is 3. The highest BCUT2D eigenvalue weighted by molar-refractivity contribution is 9.12. The van der Waals surface area contributed by atoms with Gasteiger partial charge >= 0.3 is 0 Å². The average Bonchev–Trinajstić information content (AvgIpc) is 3.00. The fourth-order valence-electron chi connectivity index (χ4n) is 1.26. The zero-order valence-electron chi connectivity index (χ0n) is 8.67. The molecule has 0 aliphatic carbocycles. The van der Waals surface area contributed by atoms with Crippen LogP contribution < -0.4 is 0 Å². The second-order valence-corrected chi connectivity index (χ2v) is 4.75. The molecule has 1 aromatic rings. The van der Waals surface area contributed by atoms with E-state index in [1.54, 1.807) is 25.1 Å². The van der Waals surface area contributed by atoms with Crippen molar-refractivity contribution in [2.24, 2.45) is 0 Å². The number of Topliss-reactive ketones (excluding diaryl/α,β-unsaturated/α-hetero) is 1. The molecule has 0 amide bonds. The Morgan fingerprint density at radius 2 is 2.06 bits per heavy atom. The number of hydrogen-bond acceptors (Lipinski definition) is 2. The lowest BCUT2D eigenvalue weighted by atomic mass is 10.1. The molecule has 1 aromatic carbocycles. The van der Waals surface area contributed by atoms with E-state index in [-0.39, 0.29) is 11.6 Å². The van der Waals surface area contributed by atoms with Gasteiger partial charge in [0.1, 0.15) is 5.82 Å². The number of carbonyl (C=O) groups excluding carboxylic acids is 1. The SMILES string of the molecule is CC1(C(=O)C(Br)=Cc2ccc(F)cc2)CO1. The maximum atomic E-state index is 12.7. The van der Waals surface area contributed by atoms with Crippen LogP contribution in [0.4, 0.5) is 4.39 Å². The van der Waals surface area contributed by atoms with Gasteiger partial charge in [-0.15, -0.1) is 0 Å². The normalized spacial score (nSPS) is 24.3. The molecule has 16 heavy (non-hydrogen) atoms. The summed E-state index contributed by atoms with van der Waals surface area (Å²) >= 11 is 3.21. The second-order valence-electron chi connectivity index (χ2n) is 3.89. The second kappa shape index (κ2) is 4.11. The minimum atomic E-state index is -0.671. The molecule has 0 saturated carbocycles. The van der Waals surface area contributed by atoms with Gasteiger partial charge in [-0.05, 0) is 46.6 Å². The first kappa shape index (κ1) is 11.5. The molecule has 1 aliphatic heterocycles. The molecule has 0 aromatic heterocycles. The molecule has 1 saturated heterocycles. The van der Waals surface area contributed by atoms with E-state index in [0.717, 1.165) is 5.56 Å². The zero-order chi connectivity index (χ0) is 11.8. The Hall–Kier alpha value is -1.00. The Labute approximate surface area is 101 Å². The quantitative estimate of drug-likeness (QED) is 0.631. The predicted octanol–water partition coefficient (Wildman–Crippen LogP) is 2.92.